The van der Waals surface area contributed by atoms with Crippen molar-refractivity contribution in [2.45, 2.75) is 49.6 Å². The van der Waals surface area contributed by atoms with E-state index in [2.05, 4.69) is 4.72 Å². The average Bonchev–Trinajstić information content (AvgIpc) is 2.99. The molecule has 1 aliphatic heterocycles. The number of hydrogen-bond donors (Lipinski definition) is 1. The van der Waals surface area contributed by atoms with Crippen molar-refractivity contribution < 1.29 is 17.9 Å². The Bertz CT molecular complexity index is 962. The van der Waals surface area contributed by atoms with Gasteiger partial charge in [0.25, 0.3) is 0 Å². The van der Waals surface area contributed by atoms with E-state index < -0.39 is 16.1 Å². The number of likely N-dealkylation sites (tertiary alicyclic amines) is 1. The zero-order chi connectivity index (χ0) is 21.7. The molecule has 0 saturated carbocycles. The van der Waals surface area contributed by atoms with E-state index >= 15 is 0 Å². The maximum absolute atomic E-state index is 13.3. The lowest BCUT2D eigenvalue weighted by atomic mass is 10.00. The number of halogens is 1. The van der Waals surface area contributed by atoms with Crippen molar-refractivity contribution in [3.63, 3.8) is 0 Å². The number of methoxy groups -OCH3 is 1. The molecule has 162 valence electrons. The number of amides is 1. The first kappa shape index (κ1) is 22.6. The summed E-state index contributed by atoms with van der Waals surface area (Å²) in [7, 11) is -2.22. The fourth-order valence-electron chi connectivity index (χ4n) is 3.76. The van der Waals surface area contributed by atoms with Gasteiger partial charge in [0, 0.05) is 11.6 Å². The number of rotatable bonds is 6. The molecule has 1 amide bonds. The summed E-state index contributed by atoms with van der Waals surface area (Å²) in [6.07, 6.45) is 3.80. The van der Waals surface area contributed by atoms with Crippen LogP contribution in [0.4, 0.5) is 0 Å². The van der Waals surface area contributed by atoms with Gasteiger partial charge in [-0.1, -0.05) is 36.6 Å². The Morgan fingerprint density at radius 3 is 2.40 bits per heavy atom. The number of nitrogens with one attached hydrogen (secondary N) is 1. The van der Waals surface area contributed by atoms with Crippen LogP contribution in [0.3, 0.4) is 0 Å². The number of nitrogens with zero attached hydrogens (tertiary/aromatic N) is 1. The second-order valence-corrected chi connectivity index (χ2v) is 9.62. The van der Waals surface area contributed by atoms with Crippen LogP contribution in [-0.2, 0) is 14.8 Å². The van der Waals surface area contributed by atoms with Crippen LogP contribution in [0, 0.1) is 0 Å². The third kappa shape index (κ3) is 5.33. The van der Waals surface area contributed by atoms with Gasteiger partial charge >= 0.3 is 0 Å². The molecule has 2 aromatic carbocycles. The lowest BCUT2D eigenvalue weighted by Gasteiger charge is -2.33. The molecule has 1 fully saturated rings. The topological polar surface area (TPSA) is 75.7 Å². The van der Waals surface area contributed by atoms with Crippen molar-refractivity contribution >= 4 is 27.5 Å². The van der Waals surface area contributed by atoms with E-state index in [4.69, 9.17) is 16.3 Å². The lowest BCUT2D eigenvalue weighted by molar-refractivity contribution is -0.135. The maximum Gasteiger partial charge on any atom is 0.241 e. The number of sulfonamides is 1. The van der Waals surface area contributed by atoms with Gasteiger partial charge in [0.2, 0.25) is 15.9 Å². The minimum Gasteiger partial charge on any atom is -0.497 e. The van der Waals surface area contributed by atoms with Crippen LogP contribution in [-0.4, -0.2) is 38.9 Å². The van der Waals surface area contributed by atoms with Crippen LogP contribution in [0.5, 0.6) is 5.75 Å². The van der Waals surface area contributed by atoms with Gasteiger partial charge in [0.15, 0.2) is 0 Å². The lowest BCUT2D eigenvalue weighted by Crippen LogP contribution is -2.48. The predicted octanol–water partition coefficient (Wildman–Crippen LogP) is 4.16. The highest BCUT2D eigenvalue weighted by Crippen LogP contribution is 2.31. The number of hydrogen-bond acceptors (Lipinski definition) is 4. The van der Waals surface area contributed by atoms with Crippen LogP contribution in [0.15, 0.2) is 53.4 Å². The Morgan fingerprint density at radius 1 is 1.10 bits per heavy atom. The number of carbonyl (C=O) groups excluding carboxylic acids is 1. The van der Waals surface area contributed by atoms with Gasteiger partial charge in [-0.3, -0.25) is 4.79 Å². The van der Waals surface area contributed by atoms with E-state index in [0.717, 1.165) is 37.0 Å². The Hall–Kier alpha value is -2.09. The van der Waals surface area contributed by atoms with Crippen LogP contribution >= 0.6 is 11.6 Å². The molecular formula is C22H27ClN2O4S. The molecule has 1 saturated heterocycles. The summed E-state index contributed by atoms with van der Waals surface area (Å²) in [5.41, 5.74) is 1.03. The summed E-state index contributed by atoms with van der Waals surface area (Å²) in [5.74, 6) is 0.532. The van der Waals surface area contributed by atoms with Crippen molar-refractivity contribution in [3.8, 4) is 5.75 Å². The van der Waals surface area contributed by atoms with Crippen LogP contribution < -0.4 is 9.46 Å². The number of carbonyl (C=O) groups is 1. The highest BCUT2D eigenvalue weighted by Gasteiger charge is 2.31. The van der Waals surface area contributed by atoms with Gasteiger partial charge in [-0.05, 0) is 61.7 Å². The minimum absolute atomic E-state index is 0.0779. The molecule has 8 heteroatoms. The molecule has 0 radical (unpaired) electrons. The van der Waals surface area contributed by atoms with E-state index in [0.29, 0.717) is 11.6 Å². The Balaban J connectivity index is 1.79. The summed E-state index contributed by atoms with van der Waals surface area (Å²) in [6.45, 7) is 2.19. The third-order valence-electron chi connectivity index (χ3n) is 5.36. The molecule has 0 aromatic heterocycles. The Kier molecular flexibility index (Phi) is 7.39. The first-order valence-electron chi connectivity index (χ1n) is 10.0. The molecule has 0 aliphatic carbocycles. The normalized spacial score (nSPS) is 18.5. The molecule has 1 unspecified atom stereocenters. The van der Waals surface area contributed by atoms with Gasteiger partial charge in [0.05, 0.1) is 24.1 Å². The fourth-order valence-corrected chi connectivity index (χ4v) is 5.08. The van der Waals surface area contributed by atoms with E-state index in [1.165, 1.54) is 24.3 Å². The van der Waals surface area contributed by atoms with Crippen LogP contribution in [0.1, 0.15) is 44.2 Å². The first-order valence-corrected chi connectivity index (χ1v) is 11.9. The quantitative estimate of drug-likeness (QED) is 0.717. The molecule has 2 atom stereocenters. The third-order valence-corrected chi connectivity index (χ3v) is 7.17. The predicted molar refractivity (Wildman–Crippen MR) is 117 cm³/mol. The summed E-state index contributed by atoms with van der Waals surface area (Å²) in [4.78, 5) is 15.2. The standard InChI is InChI=1S/C22H27ClN2O4S/c1-16(24-30(27,28)20-13-9-18(23)10-14-20)22(26)25-15-5-3-4-6-21(25)17-7-11-19(29-2)12-8-17/h7-14,16,21,24H,3-6,15H2,1-2H3/t16-,21?/m0/s1. The number of benzene rings is 2. The summed E-state index contributed by atoms with van der Waals surface area (Å²) in [5, 5.41) is 0.449. The minimum atomic E-state index is -3.83. The summed E-state index contributed by atoms with van der Waals surface area (Å²) >= 11 is 5.84. The second kappa shape index (κ2) is 9.81. The van der Waals surface area contributed by atoms with Gasteiger partial charge in [-0.2, -0.15) is 4.72 Å². The highest BCUT2D eigenvalue weighted by atomic mass is 35.5. The largest absolute Gasteiger partial charge is 0.497 e. The summed E-state index contributed by atoms with van der Waals surface area (Å²) < 4.78 is 33.1. The van der Waals surface area contributed by atoms with E-state index in [1.54, 1.807) is 14.0 Å². The zero-order valence-corrected chi connectivity index (χ0v) is 18.7. The smallest absolute Gasteiger partial charge is 0.241 e. The molecule has 30 heavy (non-hydrogen) atoms. The van der Waals surface area contributed by atoms with Crippen molar-refractivity contribution in [3.05, 3.63) is 59.1 Å². The van der Waals surface area contributed by atoms with E-state index in [1.807, 2.05) is 29.2 Å². The molecule has 1 N–H and O–H groups in total. The van der Waals surface area contributed by atoms with Crippen LogP contribution in [0.2, 0.25) is 5.02 Å². The molecule has 1 heterocycles. The Labute approximate surface area is 183 Å². The van der Waals surface area contributed by atoms with E-state index in [9.17, 15) is 13.2 Å². The van der Waals surface area contributed by atoms with Gasteiger partial charge in [-0.25, -0.2) is 8.42 Å². The van der Waals surface area contributed by atoms with E-state index in [-0.39, 0.29) is 16.8 Å². The van der Waals surface area contributed by atoms with Gasteiger partial charge in [-0.15, -0.1) is 0 Å². The molecular weight excluding hydrogens is 424 g/mol. The molecule has 1 aliphatic rings. The summed E-state index contributed by atoms with van der Waals surface area (Å²) in [6, 6.07) is 12.6. The van der Waals surface area contributed by atoms with Crippen molar-refractivity contribution in [1.82, 2.24) is 9.62 Å². The average molecular weight is 451 g/mol. The van der Waals surface area contributed by atoms with Crippen LogP contribution in [0.25, 0.3) is 0 Å². The van der Waals surface area contributed by atoms with Gasteiger partial charge in [0.1, 0.15) is 5.75 Å². The molecule has 0 bridgehead atoms. The molecule has 0 spiro atoms. The zero-order valence-electron chi connectivity index (χ0n) is 17.2. The van der Waals surface area contributed by atoms with Crippen molar-refractivity contribution in [2.75, 3.05) is 13.7 Å². The van der Waals surface area contributed by atoms with Crippen molar-refractivity contribution in [2.24, 2.45) is 0 Å². The molecule has 2 aromatic rings. The fraction of sp³-hybridized carbons (Fsp3) is 0.409. The second-order valence-electron chi connectivity index (χ2n) is 7.47. The molecule has 3 rings (SSSR count). The monoisotopic (exact) mass is 450 g/mol. The molecule has 6 nitrogen and oxygen atoms in total. The first-order chi connectivity index (χ1) is 14.3. The van der Waals surface area contributed by atoms with Gasteiger partial charge < -0.3 is 9.64 Å². The van der Waals surface area contributed by atoms with Crippen molar-refractivity contribution in [1.29, 1.82) is 0 Å². The number of ether oxygens (including phenoxy) is 1. The SMILES string of the molecule is COc1ccc(C2CCCCCN2C(=O)[C@H](C)NS(=O)(=O)c2ccc(Cl)cc2)cc1. The Morgan fingerprint density at radius 2 is 1.77 bits per heavy atom. The maximum atomic E-state index is 13.3. The highest BCUT2D eigenvalue weighted by molar-refractivity contribution is 7.89.